The van der Waals surface area contributed by atoms with Crippen LogP contribution in [0.1, 0.15) is 23.3 Å². The van der Waals surface area contributed by atoms with E-state index >= 15 is 0 Å². The van der Waals surface area contributed by atoms with Crippen LogP contribution in [0.2, 0.25) is 0 Å². The van der Waals surface area contributed by atoms with Gasteiger partial charge in [0, 0.05) is 39.6 Å². The molecule has 23 heavy (non-hydrogen) atoms. The predicted octanol–water partition coefficient (Wildman–Crippen LogP) is 2.52. The molecule has 1 aromatic heterocycles. The van der Waals surface area contributed by atoms with E-state index in [0.29, 0.717) is 31.5 Å². The first-order valence-corrected chi connectivity index (χ1v) is 7.52. The molecular formula is C16H19F2N3O2. The van der Waals surface area contributed by atoms with Crippen molar-refractivity contribution in [1.29, 1.82) is 0 Å². The van der Waals surface area contributed by atoms with Gasteiger partial charge in [0.2, 0.25) is 11.8 Å². The largest absolute Gasteiger partial charge is 0.425 e. The van der Waals surface area contributed by atoms with Gasteiger partial charge in [0.05, 0.1) is 12.5 Å². The highest BCUT2D eigenvalue weighted by Crippen LogP contribution is 2.33. The molecule has 0 radical (unpaired) electrons. The molecule has 0 saturated carbocycles. The molecule has 124 valence electrons. The minimum Gasteiger partial charge on any atom is -0.425 e. The van der Waals surface area contributed by atoms with Crippen LogP contribution in [0.5, 0.6) is 0 Å². The van der Waals surface area contributed by atoms with Crippen molar-refractivity contribution in [3.63, 3.8) is 0 Å². The smallest absolute Gasteiger partial charge is 0.221 e. The third-order valence-electron chi connectivity index (χ3n) is 4.15. The van der Waals surface area contributed by atoms with E-state index in [1.54, 1.807) is 20.1 Å². The molecule has 3 rings (SSSR count). The summed E-state index contributed by atoms with van der Waals surface area (Å²) in [5.41, 5.74) is 0.738. The van der Waals surface area contributed by atoms with Crippen LogP contribution in [0.4, 0.5) is 8.78 Å². The molecule has 2 aromatic rings. The summed E-state index contributed by atoms with van der Waals surface area (Å²) >= 11 is 0. The van der Waals surface area contributed by atoms with Gasteiger partial charge in [-0.25, -0.2) is 8.78 Å². The summed E-state index contributed by atoms with van der Waals surface area (Å²) in [6.45, 7) is 4.38. The van der Waals surface area contributed by atoms with Gasteiger partial charge in [0.25, 0.3) is 0 Å². The second-order valence-corrected chi connectivity index (χ2v) is 5.92. The minimum atomic E-state index is -0.827. The molecule has 0 aliphatic carbocycles. The van der Waals surface area contributed by atoms with Crippen LogP contribution in [0, 0.1) is 24.5 Å². The molecule has 1 aliphatic heterocycles. The van der Waals surface area contributed by atoms with E-state index < -0.39 is 11.6 Å². The fourth-order valence-corrected chi connectivity index (χ4v) is 3.11. The van der Waals surface area contributed by atoms with Gasteiger partial charge in [-0.05, 0) is 17.7 Å². The molecule has 2 heterocycles. The van der Waals surface area contributed by atoms with Gasteiger partial charge in [-0.3, -0.25) is 4.90 Å². The second-order valence-electron chi connectivity index (χ2n) is 5.92. The average molecular weight is 323 g/mol. The Hall–Kier alpha value is -1.86. The number of likely N-dealkylation sites (tertiary alicyclic amines) is 1. The first kappa shape index (κ1) is 16.0. The number of aromatic nitrogens is 2. The van der Waals surface area contributed by atoms with Crippen molar-refractivity contribution >= 4 is 0 Å². The first-order valence-electron chi connectivity index (χ1n) is 7.52. The van der Waals surface area contributed by atoms with E-state index in [1.165, 1.54) is 6.07 Å². The topological polar surface area (TPSA) is 51.4 Å². The number of hydrogen-bond donors (Lipinski definition) is 0. The van der Waals surface area contributed by atoms with Crippen LogP contribution in [-0.2, 0) is 11.3 Å². The zero-order valence-corrected chi connectivity index (χ0v) is 13.1. The van der Waals surface area contributed by atoms with Crippen molar-refractivity contribution in [2.75, 3.05) is 26.8 Å². The van der Waals surface area contributed by atoms with Gasteiger partial charge in [-0.1, -0.05) is 6.07 Å². The standard InChI is InChI=1S/C16H19F2N3O2/c1-10-19-20-16(23-10)13-8-21(7-12(13)9-22-2)6-11-3-4-14(17)15(18)5-11/h3-5,12-13H,6-9H2,1-2H3/t12-,13+/m0/s1. The molecule has 5 nitrogen and oxygen atoms in total. The summed E-state index contributed by atoms with van der Waals surface area (Å²) in [7, 11) is 1.66. The molecule has 0 N–H and O–H groups in total. The van der Waals surface area contributed by atoms with E-state index in [2.05, 4.69) is 15.1 Å². The van der Waals surface area contributed by atoms with Crippen LogP contribution < -0.4 is 0 Å². The number of aryl methyl sites for hydroxylation is 1. The Kier molecular flexibility index (Phi) is 4.68. The summed E-state index contributed by atoms with van der Waals surface area (Å²) in [6, 6.07) is 4.00. The maximum atomic E-state index is 13.3. The van der Waals surface area contributed by atoms with Crippen LogP contribution in [0.25, 0.3) is 0 Å². The maximum absolute atomic E-state index is 13.3. The quantitative estimate of drug-likeness (QED) is 0.846. The molecule has 0 bridgehead atoms. The third-order valence-corrected chi connectivity index (χ3v) is 4.15. The number of hydrogen-bond acceptors (Lipinski definition) is 5. The molecule has 1 aliphatic rings. The summed E-state index contributed by atoms with van der Waals surface area (Å²) in [5.74, 6) is -0.190. The van der Waals surface area contributed by atoms with Gasteiger partial charge < -0.3 is 9.15 Å². The number of halogens is 2. The molecule has 1 fully saturated rings. The van der Waals surface area contributed by atoms with Crippen molar-refractivity contribution < 1.29 is 17.9 Å². The lowest BCUT2D eigenvalue weighted by Gasteiger charge is -2.15. The Morgan fingerprint density at radius 2 is 2.09 bits per heavy atom. The van der Waals surface area contributed by atoms with Crippen molar-refractivity contribution in [3.05, 3.63) is 47.2 Å². The molecular weight excluding hydrogens is 304 g/mol. The van der Waals surface area contributed by atoms with Crippen molar-refractivity contribution in [1.82, 2.24) is 15.1 Å². The Labute approximate surface area is 133 Å². The van der Waals surface area contributed by atoms with Crippen molar-refractivity contribution in [2.24, 2.45) is 5.92 Å². The van der Waals surface area contributed by atoms with Crippen molar-refractivity contribution in [2.45, 2.75) is 19.4 Å². The second kappa shape index (κ2) is 6.72. The predicted molar refractivity (Wildman–Crippen MR) is 78.8 cm³/mol. The lowest BCUT2D eigenvalue weighted by atomic mass is 9.97. The van der Waals surface area contributed by atoms with E-state index in [1.807, 2.05) is 0 Å². The Morgan fingerprint density at radius 1 is 1.26 bits per heavy atom. The number of nitrogens with zero attached hydrogens (tertiary/aromatic N) is 3. The molecule has 2 atom stereocenters. The highest BCUT2D eigenvalue weighted by molar-refractivity contribution is 5.18. The Morgan fingerprint density at radius 3 is 2.74 bits per heavy atom. The van der Waals surface area contributed by atoms with Gasteiger partial charge in [-0.2, -0.15) is 0 Å². The molecule has 0 amide bonds. The van der Waals surface area contributed by atoms with Crippen LogP contribution in [-0.4, -0.2) is 41.9 Å². The van der Waals surface area contributed by atoms with Crippen LogP contribution in [0.3, 0.4) is 0 Å². The average Bonchev–Trinajstić information content (AvgIpc) is 3.10. The Bertz CT molecular complexity index is 677. The molecule has 0 spiro atoms. The van der Waals surface area contributed by atoms with Crippen molar-refractivity contribution in [3.8, 4) is 0 Å². The zero-order valence-electron chi connectivity index (χ0n) is 13.1. The summed E-state index contributed by atoms with van der Waals surface area (Å²) in [5, 5.41) is 8.01. The zero-order chi connectivity index (χ0) is 16.4. The van der Waals surface area contributed by atoms with Gasteiger partial charge in [0.1, 0.15) is 0 Å². The SMILES string of the molecule is COC[C@@H]1CN(Cc2ccc(F)c(F)c2)C[C@H]1c1nnc(C)o1. The van der Waals surface area contributed by atoms with Crippen LogP contribution in [0.15, 0.2) is 22.6 Å². The fraction of sp³-hybridized carbons (Fsp3) is 0.500. The molecule has 0 unspecified atom stereocenters. The molecule has 7 heteroatoms. The lowest BCUT2D eigenvalue weighted by molar-refractivity contribution is 0.143. The summed E-state index contributed by atoms with van der Waals surface area (Å²) in [6.07, 6.45) is 0. The van der Waals surface area contributed by atoms with E-state index in [9.17, 15) is 8.78 Å². The first-order chi connectivity index (χ1) is 11.1. The monoisotopic (exact) mass is 323 g/mol. The van der Waals surface area contributed by atoms with Gasteiger partial charge in [0.15, 0.2) is 11.6 Å². The normalized spacial score (nSPS) is 21.9. The third kappa shape index (κ3) is 3.56. The van der Waals surface area contributed by atoms with E-state index in [-0.39, 0.29) is 11.8 Å². The number of ether oxygens (including phenoxy) is 1. The number of benzene rings is 1. The lowest BCUT2D eigenvalue weighted by Crippen LogP contribution is -2.21. The molecule has 1 saturated heterocycles. The molecule has 1 aromatic carbocycles. The van der Waals surface area contributed by atoms with Crippen LogP contribution >= 0.6 is 0 Å². The highest BCUT2D eigenvalue weighted by atomic mass is 19.2. The summed E-state index contributed by atoms with van der Waals surface area (Å²) < 4.78 is 37.2. The maximum Gasteiger partial charge on any atom is 0.221 e. The fourth-order valence-electron chi connectivity index (χ4n) is 3.11. The highest BCUT2D eigenvalue weighted by Gasteiger charge is 2.37. The Balaban J connectivity index is 1.73. The van der Waals surface area contributed by atoms with E-state index in [0.717, 1.165) is 18.2 Å². The van der Waals surface area contributed by atoms with E-state index in [4.69, 9.17) is 9.15 Å². The number of methoxy groups -OCH3 is 1. The van der Waals surface area contributed by atoms with Gasteiger partial charge >= 0.3 is 0 Å². The van der Waals surface area contributed by atoms with Gasteiger partial charge in [-0.15, -0.1) is 10.2 Å². The minimum absolute atomic E-state index is 0.0847. The number of rotatable bonds is 5. The summed E-state index contributed by atoms with van der Waals surface area (Å²) in [4.78, 5) is 2.17.